The molecule has 0 aliphatic carbocycles. The van der Waals surface area contributed by atoms with Crippen LogP contribution in [0.15, 0.2) is 48.6 Å². The number of carbonyl (C=O) groups excluding carboxylic acids is 2. The quantitative estimate of drug-likeness (QED) is 0.367. The van der Waals surface area contributed by atoms with E-state index >= 15 is 0 Å². The Bertz CT molecular complexity index is 899. The van der Waals surface area contributed by atoms with E-state index in [0.717, 1.165) is 11.1 Å². The fraction of sp³-hybridized carbons (Fsp3) is 0.308. The first kappa shape index (κ1) is 28.1. The van der Waals surface area contributed by atoms with Crippen LogP contribution < -0.4 is 18.9 Å². The summed E-state index contributed by atoms with van der Waals surface area (Å²) in [6.45, 7) is 4.27. The Balaban J connectivity index is 0.000000340. The van der Waals surface area contributed by atoms with Crippen LogP contribution in [-0.4, -0.2) is 53.6 Å². The van der Waals surface area contributed by atoms with Gasteiger partial charge >= 0.3 is 11.9 Å². The van der Waals surface area contributed by atoms with Crippen LogP contribution in [-0.2, 0) is 19.1 Å². The Morgan fingerprint density at radius 2 is 0.971 bits per heavy atom. The second-order valence-corrected chi connectivity index (χ2v) is 6.40. The first-order valence-electron chi connectivity index (χ1n) is 10.6. The molecule has 0 bridgehead atoms. The smallest absolute Gasteiger partial charge is 0.330 e. The van der Waals surface area contributed by atoms with Gasteiger partial charge in [0.05, 0.1) is 41.7 Å². The zero-order valence-electron chi connectivity index (χ0n) is 20.5. The van der Waals surface area contributed by atoms with Crippen LogP contribution in [0.25, 0.3) is 12.2 Å². The lowest BCUT2D eigenvalue weighted by Crippen LogP contribution is -1.98. The Morgan fingerprint density at radius 3 is 1.26 bits per heavy atom. The van der Waals surface area contributed by atoms with Gasteiger partial charge in [0.25, 0.3) is 0 Å². The van der Waals surface area contributed by atoms with Gasteiger partial charge in [-0.2, -0.15) is 0 Å². The molecule has 2 aromatic rings. The molecule has 0 N–H and O–H groups in total. The molecule has 8 nitrogen and oxygen atoms in total. The van der Waals surface area contributed by atoms with E-state index < -0.39 is 0 Å². The molecular formula is C26H32O8. The number of methoxy groups -OCH3 is 4. The summed E-state index contributed by atoms with van der Waals surface area (Å²) >= 11 is 0. The lowest BCUT2D eigenvalue weighted by Gasteiger charge is -2.07. The topological polar surface area (TPSA) is 89.5 Å². The lowest BCUT2D eigenvalue weighted by atomic mass is 10.2. The average Bonchev–Trinajstić information content (AvgIpc) is 2.86. The molecule has 0 amide bonds. The van der Waals surface area contributed by atoms with Gasteiger partial charge in [-0.1, -0.05) is 12.1 Å². The molecule has 0 unspecified atom stereocenters. The number of benzene rings is 2. The van der Waals surface area contributed by atoms with Crippen LogP contribution >= 0.6 is 0 Å². The predicted octanol–water partition coefficient (Wildman–Crippen LogP) is 4.56. The Morgan fingerprint density at radius 1 is 0.618 bits per heavy atom. The summed E-state index contributed by atoms with van der Waals surface area (Å²) in [7, 11) is 6.28. The highest BCUT2D eigenvalue weighted by atomic mass is 16.5. The summed E-state index contributed by atoms with van der Waals surface area (Å²) in [5.74, 6) is 1.84. The van der Waals surface area contributed by atoms with E-state index in [-0.39, 0.29) is 11.9 Å². The lowest BCUT2D eigenvalue weighted by molar-refractivity contribution is -0.138. The summed E-state index contributed by atoms with van der Waals surface area (Å²) in [5.41, 5.74) is 1.69. The fourth-order valence-electron chi connectivity index (χ4n) is 2.62. The van der Waals surface area contributed by atoms with Gasteiger partial charge in [0, 0.05) is 12.2 Å². The Hall–Kier alpha value is -3.94. The zero-order chi connectivity index (χ0) is 25.3. The minimum atomic E-state index is -0.359. The van der Waals surface area contributed by atoms with Crippen molar-refractivity contribution in [2.24, 2.45) is 0 Å². The molecular weight excluding hydrogens is 440 g/mol. The van der Waals surface area contributed by atoms with E-state index in [1.54, 1.807) is 78.7 Å². The number of esters is 2. The van der Waals surface area contributed by atoms with Crippen molar-refractivity contribution in [3.8, 4) is 23.0 Å². The van der Waals surface area contributed by atoms with Crippen molar-refractivity contribution in [1.29, 1.82) is 0 Å². The molecule has 0 atom stereocenters. The molecule has 0 aromatic heterocycles. The van der Waals surface area contributed by atoms with Crippen LogP contribution in [0.2, 0.25) is 0 Å². The van der Waals surface area contributed by atoms with Gasteiger partial charge in [-0.15, -0.1) is 0 Å². The highest BCUT2D eigenvalue weighted by Crippen LogP contribution is 2.28. The van der Waals surface area contributed by atoms with E-state index in [1.807, 2.05) is 12.1 Å². The molecule has 34 heavy (non-hydrogen) atoms. The maximum absolute atomic E-state index is 11.1. The zero-order valence-corrected chi connectivity index (χ0v) is 20.5. The molecule has 184 valence electrons. The number of carbonyl (C=O) groups is 2. The summed E-state index contributed by atoms with van der Waals surface area (Å²) in [6, 6.07) is 10.8. The molecule has 0 saturated carbocycles. The third kappa shape index (κ3) is 9.68. The van der Waals surface area contributed by atoms with Crippen LogP contribution in [0.3, 0.4) is 0 Å². The normalized spacial score (nSPS) is 10.3. The number of hydrogen-bond acceptors (Lipinski definition) is 8. The standard InChI is InChI=1S/2C13H16O4/c2*1-4-17-13(14)8-6-10-5-7-11(15-2)12(9-10)16-3/h2*5-9H,4H2,1-3H3/b2*8-6+. The SMILES string of the molecule is CCOC(=O)/C=C/c1ccc(OC)c(OC)c1.CCOC(=O)/C=C/c1ccc(OC)c(OC)c1. The van der Waals surface area contributed by atoms with Crippen molar-refractivity contribution >= 4 is 24.1 Å². The predicted molar refractivity (Wildman–Crippen MR) is 130 cm³/mol. The number of rotatable bonds is 10. The largest absolute Gasteiger partial charge is 0.493 e. The van der Waals surface area contributed by atoms with Crippen LogP contribution in [0.5, 0.6) is 23.0 Å². The maximum Gasteiger partial charge on any atom is 0.330 e. The third-order valence-electron chi connectivity index (χ3n) is 4.21. The molecule has 2 rings (SSSR count). The van der Waals surface area contributed by atoms with Crippen LogP contribution in [0.1, 0.15) is 25.0 Å². The molecule has 0 radical (unpaired) electrons. The van der Waals surface area contributed by atoms with E-state index in [1.165, 1.54) is 12.2 Å². The van der Waals surface area contributed by atoms with Crippen molar-refractivity contribution in [3.63, 3.8) is 0 Å². The first-order chi connectivity index (χ1) is 16.4. The maximum atomic E-state index is 11.1. The van der Waals surface area contributed by atoms with Crippen molar-refractivity contribution in [2.75, 3.05) is 41.7 Å². The number of hydrogen-bond donors (Lipinski definition) is 0. The fourth-order valence-corrected chi connectivity index (χ4v) is 2.62. The van der Waals surface area contributed by atoms with Crippen LogP contribution in [0.4, 0.5) is 0 Å². The van der Waals surface area contributed by atoms with Gasteiger partial charge in [0.15, 0.2) is 23.0 Å². The molecule has 0 aliphatic rings. The van der Waals surface area contributed by atoms with Gasteiger partial charge in [-0.05, 0) is 61.4 Å². The van der Waals surface area contributed by atoms with Crippen molar-refractivity contribution < 1.29 is 38.0 Å². The Kier molecular flexibility index (Phi) is 13.1. The molecule has 2 aromatic carbocycles. The van der Waals surface area contributed by atoms with Gasteiger partial charge in [0.2, 0.25) is 0 Å². The molecule has 0 spiro atoms. The van der Waals surface area contributed by atoms with Crippen molar-refractivity contribution in [1.82, 2.24) is 0 Å². The van der Waals surface area contributed by atoms with Crippen molar-refractivity contribution in [2.45, 2.75) is 13.8 Å². The Labute approximate surface area is 200 Å². The van der Waals surface area contributed by atoms with Crippen molar-refractivity contribution in [3.05, 3.63) is 59.7 Å². The molecule has 0 aliphatic heterocycles. The van der Waals surface area contributed by atoms with E-state index in [0.29, 0.717) is 36.2 Å². The monoisotopic (exact) mass is 472 g/mol. The second-order valence-electron chi connectivity index (χ2n) is 6.40. The van der Waals surface area contributed by atoms with Gasteiger partial charge in [0.1, 0.15) is 0 Å². The third-order valence-corrected chi connectivity index (χ3v) is 4.21. The summed E-state index contributed by atoms with van der Waals surface area (Å²) < 4.78 is 30.1. The minimum Gasteiger partial charge on any atom is -0.493 e. The van der Waals surface area contributed by atoms with Gasteiger partial charge < -0.3 is 28.4 Å². The minimum absolute atomic E-state index is 0.359. The molecule has 0 saturated heterocycles. The van der Waals surface area contributed by atoms with Gasteiger partial charge in [-0.25, -0.2) is 9.59 Å². The first-order valence-corrected chi connectivity index (χ1v) is 10.6. The highest BCUT2D eigenvalue weighted by Gasteiger charge is 2.04. The second kappa shape index (κ2) is 15.8. The van der Waals surface area contributed by atoms with E-state index in [2.05, 4.69) is 0 Å². The van der Waals surface area contributed by atoms with E-state index in [9.17, 15) is 9.59 Å². The highest BCUT2D eigenvalue weighted by molar-refractivity contribution is 5.87. The van der Waals surface area contributed by atoms with Gasteiger partial charge in [-0.3, -0.25) is 0 Å². The summed E-state index contributed by atoms with van der Waals surface area (Å²) in [5, 5.41) is 0. The number of ether oxygens (including phenoxy) is 6. The molecule has 0 heterocycles. The average molecular weight is 473 g/mol. The van der Waals surface area contributed by atoms with Crippen LogP contribution in [0, 0.1) is 0 Å². The summed E-state index contributed by atoms with van der Waals surface area (Å²) in [6.07, 6.45) is 6.09. The van der Waals surface area contributed by atoms with E-state index in [4.69, 9.17) is 28.4 Å². The summed E-state index contributed by atoms with van der Waals surface area (Å²) in [4.78, 5) is 22.3. The molecule has 8 heteroatoms. The molecule has 0 fully saturated rings.